The van der Waals surface area contributed by atoms with Crippen LogP contribution in [0.15, 0.2) is 35.9 Å². The zero-order chi connectivity index (χ0) is 23.3. The summed E-state index contributed by atoms with van der Waals surface area (Å²) in [6, 6.07) is 6.88. The largest absolute Gasteiger partial charge is 0.478 e. The van der Waals surface area contributed by atoms with Gasteiger partial charge in [0.1, 0.15) is 6.10 Å². The van der Waals surface area contributed by atoms with Crippen molar-refractivity contribution >= 4 is 11.9 Å². The second kappa shape index (κ2) is 8.19. The lowest BCUT2D eigenvalue weighted by Gasteiger charge is -2.37. The van der Waals surface area contributed by atoms with Crippen molar-refractivity contribution in [1.82, 2.24) is 9.88 Å². The topological polar surface area (TPSA) is 98.2 Å². The van der Waals surface area contributed by atoms with Gasteiger partial charge in [0.15, 0.2) is 11.5 Å². The Balaban J connectivity index is 1.50. The third-order valence-electron chi connectivity index (χ3n) is 6.75. The number of rotatable bonds is 4. The van der Waals surface area contributed by atoms with E-state index in [0.29, 0.717) is 34.7 Å². The van der Waals surface area contributed by atoms with Crippen molar-refractivity contribution in [1.29, 1.82) is 0 Å². The fraction of sp³-hybridized carbons (Fsp3) is 0.400. The molecule has 0 bridgehead atoms. The molecule has 1 aromatic carbocycles. The number of aryl methyl sites for hydroxylation is 2. The number of aromatic carboxylic acids is 1. The predicted octanol–water partition coefficient (Wildman–Crippen LogP) is 3.47. The molecule has 0 saturated carbocycles. The van der Waals surface area contributed by atoms with Crippen LogP contribution in [0, 0.1) is 13.8 Å². The predicted molar refractivity (Wildman–Crippen MR) is 119 cm³/mol. The smallest absolute Gasteiger partial charge is 0.340 e. The molecule has 8 nitrogen and oxygen atoms in total. The van der Waals surface area contributed by atoms with E-state index in [-0.39, 0.29) is 24.3 Å². The lowest BCUT2D eigenvalue weighted by molar-refractivity contribution is 0.0334. The normalized spacial score (nSPS) is 23.7. The number of carboxylic acid groups (broad SMARTS) is 1. The monoisotopic (exact) mass is 450 g/mol. The van der Waals surface area contributed by atoms with Crippen molar-refractivity contribution in [2.24, 2.45) is 0 Å². The molecule has 1 N–H and O–H groups in total. The van der Waals surface area contributed by atoms with Crippen molar-refractivity contribution in [2.45, 2.75) is 44.8 Å². The van der Waals surface area contributed by atoms with Crippen LogP contribution in [-0.4, -0.2) is 59.5 Å². The Labute approximate surface area is 191 Å². The fourth-order valence-electron chi connectivity index (χ4n) is 5.24. The number of benzene rings is 1. The highest BCUT2D eigenvalue weighted by atomic mass is 16.7. The maximum atomic E-state index is 12.9. The summed E-state index contributed by atoms with van der Waals surface area (Å²) in [7, 11) is 2.04. The molecule has 2 aliphatic heterocycles. The molecule has 1 aliphatic carbocycles. The minimum absolute atomic E-state index is 0.0428. The van der Waals surface area contributed by atoms with E-state index in [1.54, 1.807) is 25.1 Å². The van der Waals surface area contributed by atoms with E-state index in [1.807, 2.05) is 20.0 Å². The molecule has 3 heterocycles. The van der Waals surface area contributed by atoms with E-state index in [4.69, 9.17) is 14.2 Å². The summed E-state index contributed by atoms with van der Waals surface area (Å²) in [5.74, 6) is -0.632. The van der Waals surface area contributed by atoms with Crippen LogP contribution in [0.4, 0.5) is 0 Å². The summed E-state index contributed by atoms with van der Waals surface area (Å²) in [6.45, 7) is 4.60. The van der Waals surface area contributed by atoms with E-state index >= 15 is 0 Å². The van der Waals surface area contributed by atoms with Gasteiger partial charge in [-0.2, -0.15) is 0 Å². The molecule has 0 unspecified atom stereocenters. The number of fused-ring (bicyclic) bond motifs is 2. The minimum Gasteiger partial charge on any atom is -0.478 e. The van der Waals surface area contributed by atoms with E-state index in [9.17, 15) is 14.7 Å². The number of ether oxygens (including phenoxy) is 3. The van der Waals surface area contributed by atoms with Gasteiger partial charge in [-0.15, -0.1) is 0 Å². The van der Waals surface area contributed by atoms with Crippen LogP contribution < -0.4 is 9.47 Å². The number of pyridine rings is 1. The Bertz CT molecular complexity index is 1170. The lowest BCUT2D eigenvalue weighted by atomic mass is 9.77. The van der Waals surface area contributed by atoms with Crippen molar-refractivity contribution in [2.75, 3.05) is 20.4 Å². The maximum Gasteiger partial charge on any atom is 0.340 e. The fourth-order valence-corrected chi connectivity index (χ4v) is 5.24. The van der Waals surface area contributed by atoms with Gasteiger partial charge in [-0.05, 0) is 69.6 Å². The Morgan fingerprint density at radius 3 is 2.64 bits per heavy atom. The van der Waals surface area contributed by atoms with E-state index < -0.39 is 18.0 Å². The number of carbonyl (C=O) groups excluding carboxylic acids is 1. The Morgan fingerprint density at radius 2 is 1.91 bits per heavy atom. The average Bonchev–Trinajstić information content (AvgIpc) is 3.38. The quantitative estimate of drug-likeness (QED) is 0.559. The molecule has 33 heavy (non-hydrogen) atoms. The van der Waals surface area contributed by atoms with Crippen LogP contribution in [0.1, 0.15) is 56.4 Å². The molecule has 1 fully saturated rings. The van der Waals surface area contributed by atoms with Crippen molar-refractivity contribution in [3.63, 3.8) is 0 Å². The second-order valence-electron chi connectivity index (χ2n) is 8.89. The van der Waals surface area contributed by atoms with E-state index in [2.05, 4.69) is 9.88 Å². The summed E-state index contributed by atoms with van der Waals surface area (Å²) >= 11 is 0. The van der Waals surface area contributed by atoms with E-state index in [0.717, 1.165) is 18.7 Å². The minimum atomic E-state index is -1.02. The molecule has 8 heteroatoms. The average molecular weight is 450 g/mol. The van der Waals surface area contributed by atoms with Gasteiger partial charge >= 0.3 is 11.9 Å². The first-order chi connectivity index (χ1) is 15.8. The first-order valence-corrected chi connectivity index (χ1v) is 11.0. The first-order valence-electron chi connectivity index (χ1n) is 11.0. The molecule has 3 atom stereocenters. The zero-order valence-electron chi connectivity index (χ0n) is 18.8. The third-order valence-corrected chi connectivity index (χ3v) is 6.75. The summed E-state index contributed by atoms with van der Waals surface area (Å²) in [4.78, 5) is 31.7. The highest BCUT2D eigenvalue weighted by molar-refractivity contribution is 5.91. The van der Waals surface area contributed by atoms with Crippen LogP contribution in [-0.2, 0) is 4.74 Å². The number of nitrogens with zero attached hydrogens (tertiary/aromatic N) is 2. The van der Waals surface area contributed by atoms with Crippen LogP contribution in [0.5, 0.6) is 11.5 Å². The highest BCUT2D eigenvalue weighted by Crippen LogP contribution is 2.46. The lowest BCUT2D eigenvalue weighted by Crippen LogP contribution is -2.38. The number of aromatic nitrogens is 1. The first kappa shape index (κ1) is 21.5. The Kier molecular flexibility index (Phi) is 5.32. The highest BCUT2D eigenvalue weighted by Gasteiger charge is 2.42. The standard InChI is InChI=1S/C25H26N2O6/c1-13-4-5-17(14(2)26-13)25(30)33-16-8-15-6-7-27(3)23(15)19(9-16)18-10-21-22(32-12-31-21)11-20(18)24(28)29/h4-5,8,10-11,16,19,23H,6-7,9,12H2,1-3H3,(H,28,29)/t16-,19+,23-/m1/s1. The van der Waals surface area contributed by atoms with Gasteiger partial charge in [0.25, 0.3) is 0 Å². The summed E-state index contributed by atoms with van der Waals surface area (Å²) in [5.41, 5.74) is 3.93. The molecule has 0 spiro atoms. The van der Waals surface area contributed by atoms with Gasteiger partial charge in [-0.3, -0.25) is 9.88 Å². The third kappa shape index (κ3) is 3.84. The van der Waals surface area contributed by atoms with Gasteiger partial charge in [-0.25, -0.2) is 9.59 Å². The second-order valence-corrected chi connectivity index (χ2v) is 8.89. The Hall–Kier alpha value is -3.39. The molecule has 1 saturated heterocycles. The summed E-state index contributed by atoms with van der Waals surface area (Å²) in [5, 5.41) is 9.93. The number of likely N-dealkylation sites (N-methyl/N-ethyl adjacent to an activating group) is 1. The van der Waals surface area contributed by atoms with Crippen molar-refractivity contribution in [3.8, 4) is 11.5 Å². The Morgan fingerprint density at radius 1 is 1.15 bits per heavy atom. The van der Waals surface area contributed by atoms with Gasteiger partial charge in [0, 0.05) is 24.2 Å². The number of likely N-dealkylation sites (tertiary alicyclic amines) is 1. The molecular weight excluding hydrogens is 424 g/mol. The van der Waals surface area contributed by atoms with Crippen molar-refractivity contribution in [3.05, 3.63) is 64.0 Å². The maximum absolute atomic E-state index is 12.9. The number of esters is 1. The SMILES string of the molecule is Cc1ccc(C(=O)O[C@@H]2C=C3CCN(C)[C@H]3[C@H](c3cc4c(cc3C(=O)O)OCO4)C2)c(C)n1. The molecule has 0 amide bonds. The van der Waals surface area contributed by atoms with Gasteiger partial charge in [-0.1, -0.05) is 5.57 Å². The molecule has 5 rings (SSSR count). The molecule has 2 aromatic rings. The van der Waals surface area contributed by atoms with Gasteiger partial charge < -0.3 is 19.3 Å². The van der Waals surface area contributed by atoms with E-state index in [1.165, 1.54) is 11.6 Å². The van der Waals surface area contributed by atoms with Crippen LogP contribution >= 0.6 is 0 Å². The van der Waals surface area contributed by atoms with Gasteiger partial charge in [0.2, 0.25) is 6.79 Å². The van der Waals surface area contributed by atoms with Gasteiger partial charge in [0.05, 0.1) is 16.8 Å². The molecular formula is C25H26N2O6. The van der Waals surface area contributed by atoms with Crippen molar-refractivity contribution < 1.29 is 28.9 Å². The summed E-state index contributed by atoms with van der Waals surface area (Å²) in [6.07, 6.45) is 2.90. The number of carboxylic acids is 1. The van der Waals surface area contributed by atoms with Crippen LogP contribution in [0.25, 0.3) is 0 Å². The van der Waals surface area contributed by atoms with Crippen LogP contribution in [0.3, 0.4) is 0 Å². The molecule has 3 aliphatic rings. The molecule has 0 radical (unpaired) electrons. The molecule has 1 aromatic heterocycles. The summed E-state index contributed by atoms with van der Waals surface area (Å²) < 4.78 is 16.8. The number of carbonyl (C=O) groups is 2. The number of hydrogen-bond acceptors (Lipinski definition) is 7. The zero-order valence-corrected chi connectivity index (χ0v) is 18.8. The number of hydrogen-bond donors (Lipinski definition) is 1. The molecule has 172 valence electrons. The van der Waals surface area contributed by atoms with Crippen LogP contribution in [0.2, 0.25) is 0 Å².